The average molecular weight is 257 g/mol. The van der Waals surface area contributed by atoms with Crippen LogP contribution in [0.25, 0.3) is 0 Å². The second-order valence-corrected chi connectivity index (χ2v) is 4.48. The molecule has 0 fully saturated rings. The Bertz CT molecular complexity index is 407. The van der Waals surface area contributed by atoms with Crippen LogP contribution in [0.3, 0.4) is 0 Å². The van der Waals surface area contributed by atoms with Crippen LogP contribution in [0, 0.1) is 0 Å². The zero-order chi connectivity index (χ0) is 13.0. The van der Waals surface area contributed by atoms with Crippen LogP contribution in [-0.4, -0.2) is 35.1 Å². The maximum absolute atomic E-state index is 12.2. The zero-order valence-corrected chi connectivity index (χ0v) is 10.7. The largest absolute Gasteiger partial charge is 0.398 e. The van der Waals surface area contributed by atoms with Gasteiger partial charge in [-0.05, 0) is 32.0 Å². The monoisotopic (exact) mass is 256 g/mol. The molecule has 17 heavy (non-hydrogen) atoms. The lowest BCUT2D eigenvalue weighted by atomic mass is 10.1. The molecule has 0 saturated heterocycles. The van der Waals surface area contributed by atoms with Crippen molar-refractivity contribution in [3.8, 4) is 0 Å². The number of anilines is 1. The van der Waals surface area contributed by atoms with Crippen LogP contribution in [-0.2, 0) is 0 Å². The van der Waals surface area contributed by atoms with Gasteiger partial charge in [-0.3, -0.25) is 4.79 Å². The molecule has 94 valence electrons. The molecule has 0 aliphatic heterocycles. The Kier molecular flexibility index (Phi) is 4.78. The molecular weight excluding hydrogens is 240 g/mol. The highest BCUT2D eigenvalue weighted by Crippen LogP contribution is 2.20. The summed E-state index contributed by atoms with van der Waals surface area (Å²) in [5.41, 5.74) is 6.53. The van der Waals surface area contributed by atoms with E-state index in [1.165, 1.54) is 0 Å². The first-order valence-electron chi connectivity index (χ1n) is 5.44. The highest BCUT2D eigenvalue weighted by Gasteiger charge is 2.20. The lowest BCUT2D eigenvalue weighted by Crippen LogP contribution is -2.39. The second-order valence-electron chi connectivity index (χ2n) is 4.05. The summed E-state index contributed by atoms with van der Waals surface area (Å²) in [6.07, 6.45) is 0. The molecule has 3 N–H and O–H groups in total. The first-order chi connectivity index (χ1) is 7.97. The highest BCUT2D eigenvalue weighted by molar-refractivity contribution is 6.31. The van der Waals surface area contributed by atoms with E-state index in [-0.39, 0.29) is 18.6 Å². The van der Waals surface area contributed by atoms with Crippen molar-refractivity contribution < 1.29 is 9.90 Å². The van der Waals surface area contributed by atoms with E-state index < -0.39 is 0 Å². The van der Waals surface area contributed by atoms with E-state index in [9.17, 15) is 4.79 Å². The molecule has 0 saturated carbocycles. The van der Waals surface area contributed by atoms with E-state index in [4.69, 9.17) is 22.4 Å². The molecule has 0 spiro atoms. The topological polar surface area (TPSA) is 66.6 Å². The third kappa shape index (κ3) is 3.35. The second kappa shape index (κ2) is 5.89. The number of amides is 1. The summed E-state index contributed by atoms with van der Waals surface area (Å²) in [4.78, 5) is 13.8. The summed E-state index contributed by atoms with van der Waals surface area (Å²) in [7, 11) is 0. The van der Waals surface area contributed by atoms with E-state index in [0.29, 0.717) is 22.8 Å². The summed E-state index contributed by atoms with van der Waals surface area (Å²) in [5, 5.41) is 9.45. The molecule has 0 aliphatic rings. The maximum Gasteiger partial charge on any atom is 0.256 e. The Morgan fingerprint density at radius 1 is 1.53 bits per heavy atom. The van der Waals surface area contributed by atoms with Crippen LogP contribution in [0.1, 0.15) is 24.2 Å². The van der Waals surface area contributed by atoms with Crippen molar-refractivity contribution in [1.29, 1.82) is 0 Å². The first-order valence-corrected chi connectivity index (χ1v) is 5.82. The van der Waals surface area contributed by atoms with Crippen LogP contribution >= 0.6 is 11.6 Å². The van der Waals surface area contributed by atoms with Crippen LogP contribution in [0.5, 0.6) is 0 Å². The molecule has 0 bridgehead atoms. The quantitative estimate of drug-likeness (QED) is 0.807. The maximum atomic E-state index is 12.2. The molecule has 0 radical (unpaired) electrons. The molecule has 4 nitrogen and oxygen atoms in total. The van der Waals surface area contributed by atoms with Crippen molar-refractivity contribution in [1.82, 2.24) is 4.90 Å². The fourth-order valence-electron chi connectivity index (χ4n) is 1.59. The minimum Gasteiger partial charge on any atom is -0.398 e. The standard InChI is InChI=1S/C12H17ClN2O2/c1-8(2)15(5-6-16)12(17)10-4-3-9(13)7-11(10)14/h3-4,7-8,16H,5-6,14H2,1-2H3. The lowest BCUT2D eigenvalue weighted by Gasteiger charge is -2.26. The molecule has 0 aromatic heterocycles. The molecular formula is C12H17ClN2O2. The lowest BCUT2D eigenvalue weighted by molar-refractivity contribution is 0.0666. The molecule has 1 amide bonds. The molecule has 0 unspecified atom stereocenters. The number of halogens is 1. The summed E-state index contributed by atoms with van der Waals surface area (Å²) < 4.78 is 0. The van der Waals surface area contributed by atoms with Crippen molar-refractivity contribution in [3.05, 3.63) is 28.8 Å². The normalized spacial score (nSPS) is 10.6. The number of aliphatic hydroxyl groups is 1. The molecule has 1 aromatic rings. The van der Waals surface area contributed by atoms with Crippen molar-refractivity contribution in [2.75, 3.05) is 18.9 Å². The number of nitrogens with two attached hydrogens (primary N) is 1. The van der Waals surface area contributed by atoms with Crippen LogP contribution in [0.4, 0.5) is 5.69 Å². The Morgan fingerprint density at radius 2 is 2.18 bits per heavy atom. The Balaban J connectivity index is 3.01. The van der Waals surface area contributed by atoms with Gasteiger partial charge in [-0.1, -0.05) is 11.6 Å². The highest BCUT2D eigenvalue weighted by atomic mass is 35.5. The molecule has 0 atom stereocenters. The number of carbonyl (C=O) groups excluding carboxylic acids is 1. The number of nitrogens with zero attached hydrogens (tertiary/aromatic N) is 1. The number of nitrogen functional groups attached to an aromatic ring is 1. The summed E-state index contributed by atoms with van der Waals surface area (Å²) in [5.74, 6) is -0.191. The van der Waals surface area contributed by atoms with Gasteiger partial charge in [-0.2, -0.15) is 0 Å². The Hall–Kier alpha value is -1.26. The van der Waals surface area contributed by atoms with E-state index in [2.05, 4.69) is 0 Å². The van der Waals surface area contributed by atoms with Gasteiger partial charge in [0, 0.05) is 23.3 Å². The van der Waals surface area contributed by atoms with Gasteiger partial charge < -0.3 is 15.7 Å². The van der Waals surface area contributed by atoms with Crippen LogP contribution < -0.4 is 5.73 Å². The Morgan fingerprint density at radius 3 is 2.65 bits per heavy atom. The predicted octanol–water partition coefficient (Wildman–Crippen LogP) is 1.77. The van der Waals surface area contributed by atoms with Gasteiger partial charge in [0.15, 0.2) is 0 Å². The minimum absolute atomic E-state index is 0.00438. The number of aliphatic hydroxyl groups excluding tert-OH is 1. The fourth-order valence-corrected chi connectivity index (χ4v) is 1.77. The predicted molar refractivity (Wildman–Crippen MR) is 69.1 cm³/mol. The summed E-state index contributed by atoms with van der Waals surface area (Å²) in [6.45, 7) is 4.00. The van der Waals surface area contributed by atoms with Gasteiger partial charge in [-0.25, -0.2) is 0 Å². The molecule has 1 rings (SSSR count). The van der Waals surface area contributed by atoms with Gasteiger partial charge >= 0.3 is 0 Å². The van der Waals surface area contributed by atoms with Crippen molar-refractivity contribution in [3.63, 3.8) is 0 Å². The van der Waals surface area contributed by atoms with Gasteiger partial charge in [0.05, 0.1) is 12.2 Å². The SMILES string of the molecule is CC(C)N(CCO)C(=O)c1ccc(Cl)cc1N. The van der Waals surface area contributed by atoms with E-state index in [1.807, 2.05) is 13.8 Å². The van der Waals surface area contributed by atoms with Crippen LogP contribution in [0.2, 0.25) is 5.02 Å². The fraction of sp³-hybridized carbons (Fsp3) is 0.417. The van der Waals surface area contributed by atoms with E-state index >= 15 is 0 Å². The van der Waals surface area contributed by atoms with Gasteiger partial charge in [0.25, 0.3) is 5.91 Å². The smallest absolute Gasteiger partial charge is 0.256 e. The Labute approximate surface area is 106 Å². The summed E-state index contributed by atoms with van der Waals surface area (Å²) >= 11 is 5.78. The van der Waals surface area contributed by atoms with Crippen LogP contribution in [0.15, 0.2) is 18.2 Å². The minimum atomic E-state index is -0.191. The number of hydrogen-bond acceptors (Lipinski definition) is 3. The number of benzene rings is 1. The van der Waals surface area contributed by atoms with Crippen molar-refractivity contribution in [2.24, 2.45) is 0 Å². The van der Waals surface area contributed by atoms with Crippen molar-refractivity contribution >= 4 is 23.2 Å². The van der Waals surface area contributed by atoms with E-state index in [1.54, 1.807) is 23.1 Å². The number of rotatable bonds is 4. The molecule has 5 heteroatoms. The molecule has 0 aliphatic carbocycles. The molecule has 0 heterocycles. The third-order valence-corrected chi connectivity index (χ3v) is 2.70. The summed E-state index contributed by atoms with van der Waals surface area (Å²) in [6, 6.07) is 4.78. The van der Waals surface area contributed by atoms with Gasteiger partial charge in [0.2, 0.25) is 0 Å². The van der Waals surface area contributed by atoms with E-state index in [0.717, 1.165) is 0 Å². The van der Waals surface area contributed by atoms with Crippen molar-refractivity contribution in [2.45, 2.75) is 19.9 Å². The third-order valence-electron chi connectivity index (χ3n) is 2.47. The number of hydrogen-bond donors (Lipinski definition) is 2. The van der Waals surface area contributed by atoms with Gasteiger partial charge in [0.1, 0.15) is 0 Å². The first kappa shape index (κ1) is 13.8. The average Bonchev–Trinajstić information content (AvgIpc) is 2.24. The molecule has 1 aromatic carbocycles. The number of carbonyl (C=O) groups is 1. The van der Waals surface area contributed by atoms with Gasteiger partial charge in [-0.15, -0.1) is 0 Å². The zero-order valence-electron chi connectivity index (χ0n) is 9.98.